The van der Waals surface area contributed by atoms with Gasteiger partial charge in [0.2, 0.25) is 21.8 Å². The van der Waals surface area contributed by atoms with Crippen LogP contribution in [0.3, 0.4) is 0 Å². The number of aromatic nitrogens is 1. The standard InChI is InChI=1S/C26H28FN3O6S/c1-16(17-2-7-20(27)8-3-17)28-26(33)18-4-9-21(10-5-18)30-37(34,35)22-11-12-23-19(14-22)6-13-24(29-23)36-15-25(31)32/h2-3,6-8,11-14,16,18,21,30H,4-5,9-10,15H2,1H3,(H,28,33)(H,31,32)/t16-,18?,21?/m1/s1. The number of halogens is 1. The first-order valence-electron chi connectivity index (χ1n) is 11.9. The fraction of sp³-hybridized carbons (Fsp3) is 0.346. The number of amides is 1. The van der Waals surface area contributed by atoms with Gasteiger partial charge in [-0.25, -0.2) is 27.3 Å². The van der Waals surface area contributed by atoms with E-state index in [2.05, 4.69) is 15.0 Å². The molecule has 4 rings (SSSR count). The highest BCUT2D eigenvalue weighted by molar-refractivity contribution is 7.89. The molecule has 0 spiro atoms. The number of carbonyl (C=O) groups is 2. The first kappa shape index (κ1) is 26.5. The second kappa shape index (κ2) is 11.2. The van der Waals surface area contributed by atoms with Crippen LogP contribution in [0.5, 0.6) is 5.88 Å². The fourth-order valence-corrected chi connectivity index (χ4v) is 5.74. The van der Waals surface area contributed by atoms with Gasteiger partial charge >= 0.3 is 5.97 Å². The summed E-state index contributed by atoms with van der Waals surface area (Å²) in [7, 11) is -3.80. The number of fused-ring (bicyclic) bond motifs is 1. The number of benzene rings is 2. The molecule has 0 radical (unpaired) electrons. The second-order valence-electron chi connectivity index (χ2n) is 9.14. The zero-order chi connectivity index (χ0) is 26.6. The van der Waals surface area contributed by atoms with Crippen LogP contribution in [0.4, 0.5) is 4.39 Å². The van der Waals surface area contributed by atoms with E-state index in [1.807, 2.05) is 6.92 Å². The topological polar surface area (TPSA) is 135 Å². The van der Waals surface area contributed by atoms with Crippen LogP contribution in [0.1, 0.15) is 44.2 Å². The highest BCUT2D eigenvalue weighted by Gasteiger charge is 2.30. The first-order valence-corrected chi connectivity index (χ1v) is 13.4. The molecule has 1 aliphatic carbocycles. The molecule has 196 valence electrons. The zero-order valence-electron chi connectivity index (χ0n) is 20.2. The van der Waals surface area contributed by atoms with Crippen molar-refractivity contribution in [1.82, 2.24) is 15.0 Å². The van der Waals surface area contributed by atoms with Crippen molar-refractivity contribution in [3.63, 3.8) is 0 Å². The molecular weight excluding hydrogens is 501 g/mol. The van der Waals surface area contributed by atoms with Crippen molar-refractivity contribution in [3.05, 3.63) is 66.0 Å². The average Bonchev–Trinajstić information content (AvgIpc) is 2.87. The molecule has 11 heteroatoms. The van der Waals surface area contributed by atoms with Gasteiger partial charge in [-0.2, -0.15) is 0 Å². The quantitative estimate of drug-likeness (QED) is 0.386. The van der Waals surface area contributed by atoms with Crippen molar-refractivity contribution >= 4 is 32.8 Å². The van der Waals surface area contributed by atoms with E-state index < -0.39 is 22.6 Å². The number of sulfonamides is 1. The van der Waals surface area contributed by atoms with Crippen molar-refractivity contribution in [2.24, 2.45) is 5.92 Å². The Kier molecular flexibility index (Phi) is 8.03. The van der Waals surface area contributed by atoms with E-state index in [0.717, 1.165) is 5.56 Å². The summed E-state index contributed by atoms with van der Waals surface area (Å²) < 4.78 is 47.0. The van der Waals surface area contributed by atoms with E-state index in [-0.39, 0.29) is 40.5 Å². The van der Waals surface area contributed by atoms with Gasteiger partial charge in [0.1, 0.15) is 5.82 Å². The molecule has 1 aliphatic rings. The van der Waals surface area contributed by atoms with Gasteiger partial charge in [-0.3, -0.25) is 4.79 Å². The van der Waals surface area contributed by atoms with Gasteiger partial charge in [0.15, 0.2) is 6.61 Å². The summed E-state index contributed by atoms with van der Waals surface area (Å²) in [6, 6.07) is 13.0. The Labute approximate surface area is 214 Å². The molecule has 1 saturated carbocycles. The lowest BCUT2D eigenvalue weighted by Gasteiger charge is -2.29. The van der Waals surface area contributed by atoms with E-state index in [9.17, 15) is 22.4 Å². The molecule has 2 aromatic carbocycles. The van der Waals surface area contributed by atoms with Gasteiger partial charge in [-0.15, -0.1) is 0 Å². The number of rotatable bonds is 9. The summed E-state index contributed by atoms with van der Waals surface area (Å²) in [4.78, 5) is 27.7. The molecule has 3 N–H and O–H groups in total. The Balaban J connectivity index is 1.32. The maximum atomic E-state index is 13.1. The highest BCUT2D eigenvalue weighted by atomic mass is 32.2. The van der Waals surface area contributed by atoms with Crippen LogP contribution in [-0.2, 0) is 19.6 Å². The van der Waals surface area contributed by atoms with Crippen LogP contribution in [0, 0.1) is 11.7 Å². The third-order valence-corrected chi connectivity index (χ3v) is 7.96. The average molecular weight is 530 g/mol. The number of pyridine rings is 1. The Morgan fingerprint density at radius 2 is 1.78 bits per heavy atom. The molecule has 3 aromatic rings. The second-order valence-corrected chi connectivity index (χ2v) is 10.9. The summed E-state index contributed by atoms with van der Waals surface area (Å²) in [6.45, 7) is 1.32. The van der Waals surface area contributed by atoms with E-state index in [4.69, 9.17) is 9.84 Å². The van der Waals surface area contributed by atoms with E-state index in [1.54, 1.807) is 24.3 Å². The van der Waals surface area contributed by atoms with Crippen molar-refractivity contribution in [3.8, 4) is 5.88 Å². The molecule has 0 bridgehead atoms. The Bertz CT molecular complexity index is 1390. The van der Waals surface area contributed by atoms with Crippen LogP contribution in [0.15, 0.2) is 59.5 Å². The molecule has 37 heavy (non-hydrogen) atoms. The number of hydrogen-bond donors (Lipinski definition) is 3. The Morgan fingerprint density at radius 3 is 2.46 bits per heavy atom. The number of nitrogens with one attached hydrogen (secondary N) is 2. The van der Waals surface area contributed by atoms with Crippen molar-refractivity contribution < 1.29 is 32.2 Å². The minimum absolute atomic E-state index is 0.0909. The van der Waals surface area contributed by atoms with Crippen LogP contribution in [0.2, 0.25) is 0 Å². The maximum absolute atomic E-state index is 13.1. The van der Waals surface area contributed by atoms with Crippen LogP contribution in [0.25, 0.3) is 10.9 Å². The molecule has 0 aliphatic heterocycles. The van der Waals surface area contributed by atoms with Crippen molar-refractivity contribution in [2.75, 3.05) is 6.61 Å². The molecule has 1 atom stereocenters. The molecule has 1 aromatic heterocycles. The highest BCUT2D eigenvalue weighted by Crippen LogP contribution is 2.27. The van der Waals surface area contributed by atoms with Gasteiger partial charge in [0.25, 0.3) is 0 Å². The summed E-state index contributed by atoms with van der Waals surface area (Å²) in [5.41, 5.74) is 1.29. The summed E-state index contributed by atoms with van der Waals surface area (Å²) >= 11 is 0. The predicted molar refractivity (Wildman–Crippen MR) is 134 cm³/mol. The van der Waals surface area contributed by atoms with Crippen LogP contribution >= 0.6 is 0 Å². The van der Waals surface area contributed by atoms with Gasteiger partial charge in [0, 0.05) is 23.4 Å². The number of carboxylic acids is 1. The minimum atomic E-state index is -3.80. The molecule has 1 amide bonds. The lowest BCUT2D eigenvalue weighted by molar-refractivity contribution is -0.139. The van der Waals surface area contributed by atoms with Crippen LogP contribution < -0.4 is 14.8 Å². The third-order valence-electron chi connectivity index (χ3n) is 6.44. The zero-order valence-corrected chi connectivity index (χ0v) is 21.0. The number of hydrogen-bond acceptors (Lipinski definition) is 6. The molecule has 0 unspecified atom stereocenters. The van der Waals surface area contributed by atoms with Gasteiger partial charge in [0.05, 0.1) is 16.5 Å². The summed E-state index contributed by atoms with van der Waals surface area (Å²) in [5.74, 6) is -1.62. The summed E-state index contributed by atoms with van der Waals surface area (Å²) in [6.07, 6.45) is 2.16. The number of nitrogens with zero attached hydrogens (tertiary/aromatic N) is 1. The molecule has 0 saturated heterocycles. The van der Waals surface area contributed by atoms with Gasteiger partial charge in [-0.1, -0.05) is 12.1 Å². The lowest BCUT2D eigenvalue weighted by Crippen LogP contribution is -2.41. The van der Waals surface area contributed by atoms with E-state index >= 15 is 0 Å². The summed E-state index contributed by atoms with van der Waals surface area (Å²) in [5, 5.41) is 12.3. The third kappa shape index (κ3) is 6.80. The number of ether oxygens (including phenoxy) is 1. The fourth-order valence-electron chi connectivity index (χ4n) is 4.40. The molecule has 1 fully saturated rings. The molecule has 1 heterocycles. The number of carboxylic acid groups (broad SMARTS) is 1. The van der Waals surface area contributed by atoms with Crippen LogP contribution in [-0.4, -0.2) is 43.0 Å². The largest absolute Gasteiger partial charge is 0.479 e. The van der Waals surface area contributed by atoms with Gasteiger partial charge < -0.3 is 15.2 Å². The molecular formula is C26H28FN3O6S. The minimum Gasteiger partial charge on any atom is -0.479 e. The normalized spacial score (nSPS) is 18.8. The SMILES string of the molecule is C[C@@H](NC(=O)C1CCC(NS(=O)(=O)c2ccc3nc(OCC(=O)O)ccc3c2)CC1)c1ccc(F)cc1. The molecule has 9 nitrogen and oxygen atoms in total. The number of aliphatic carboxylic acids is 1. The monoisotopic (exact) mass is 529 g/mol. The Morgan fingerprint density at radius 1 is 1.08 bits per heavy atom. The lowest BCUT2D eigenvalue weighted by atomic mass is 9.85. The van der Waals surface area contributed by atoms with Crippen molar-refractivity contribution in [1.29, 1.82) is 0 Å². The predicted octanol–water partition coefficient (Wildman–Crippen LogP) is 3.55. The first-order chi connectivity index (χ1) is 17.6. The van der Waals surface area contributed by atoms with E-state index in [1.165, 1.54) is 30.3 Å². The van der Waals surface area contributed by atoms with Gasteiger partial charge in [-0.05, 0) is 74.6 Å². The number of carbonyl (C=O) groups excluding carboxylic acids is 1. The maximum Gasteiger partial charge on any atom is 0.341 e. The van der Waals surface area contributed by atoms with E-state index in [0.29, 0.717) is 36.6 Å². The Hall–Kier alpha value is -3.57. The van der Waals surface area contributed by atoms with Crippen molar-refractivity contribution in [2.45, 2.75) is 49.6 Å². The smallest absolute Gasteiger partial charge is 0.341 e.